The Morgan fingerprint density at radius 1 is 1.30 bits per heavy atom. The van der Waals surface area contributed by atoms with Gasteiger partial charge in [-0.3, -0.25) is 14.4 Å². The zero-order chi connectivity index (χ0) is 14.3. The fraction of sp³-hybridized carbons (Fsp3) is 0.385. The van der Waals surface area contributed by atoms with Crippen molar-refractivity contribution >= 4 is 34.3 Å². The molecule has 6 nitrogen and oxygen atoms in total. The predicted molar refractivity (Wildman–Crippen MR) is 71.3 cm³/mol. The lowest BCUT2D eigenvalue weighted by molar-refractivity contribution is -0.136. The van der Waals surface area contributed by atoms with Gasteiger partial charge in [-0.2, -0.15) is 0 Å². The number of nitrogens with zero attached hydrogens (tertiary/aromatic N) is 2. The molecule has 2 amide bonds. The Hall–Kier alpha value is -2.02. The molecule has 2 aliphatic rings. The Kier molecular flexibility index (Phi) is 3.13. The summed E-state index contributed by atoms with van der Waals surface area (Å²) < 4.78 is 0. The van der Waals surface area contributed by atoms with Crippen LogP contribution in [0.2, 0.25) is 0 Å². The van der Waals surface area contributed by atoms with Crippen LogP contribution in [0.15, 0.2) is 17.5 Å². The number of allylic oxidation sites excluding steroid dienone is 2. The summed E-state index contributed by atoms with van der Waals surface area (Å²) in [6, 6.07) is 0. The maximum atomic E-state index is 12.3. The number of fused-ring (bicyclic) bond motifs is 1. The van der Waals surface area contributed by atoms with Gasteiger partial charge in [-0.15, -0.1) is 11.3 Å². The van der Waals surface area contributed by atoms with Gasteiger partial charge in [-0.25, -0.2) is 9.88 Å². The molecule has 7 heteroatoms. The zero-order valence-corrected chi connectivity index (χ0v) is 11.3. The van der Waals surface area contributed by atoms with Gasteiger partial charge >= 0.3 is 5.97 Å². The highest BCUT2D eigenvalue weighted by molar-refractivity contribution is 7.14. The molecule has 1 saturated heterocycles. The maximum Gasteiger partial charge on any atom is 0.309 e. The van der Waals surface area contributed by atoms with Gasteiger partial charge < -0.3 is 5.11 Å². The third-order valence-electron chi connectivity index (χ3n) is 3.57. The number of carboxylic acids is 1. The van der Waals surface area contributed by atoms with Crippen LogP contribution in [0.4, 0.5) is 5.13 Å². The molecule has 0 spiro atoms. The topological polar surface area (TPSA) is 87.6 Å². The quantitative estimate of drug-likeness (QED) is 0.668. The van der Waals surface area contributed by atoms with E-state index in [-0.39, 0.29) is 35.2 Å². The van der Waals surface area contributed by atoms with Crippen LogP contribution >= 0.6 is 11.3 Å². The number of hydrogen-bond acceptors (Lipinski definition) is 5. The number of aromatic nitrogens is 1. The van der Waals surface area contributed by atoms with E-state index in [0.29, 0.717) is 18.5 Å². The Labute approximate surface area is 118 Å². The van der Waals surface area contributed by atoms with E-state index in [1.165, 1.54) is 0 Å². The number of anilines is 1. The first-order chi connectivity index (χ1) is 9.58. The minimum Gasteiger partial charge on any atom is -0.481 e. The molecule has 1 aliphatic heterocycles. The van der Waals surface area contributed by atoms with E-state index < -0.39 is 5.97 Å². The molecule has 1 N–H and O–H groups in total. The number of carbonyl (C=O) groups is 3. The molecule has 0 aromatic carbocycles. The highest BCUT2D eigenvalue weighted by Crippen LogP contribution is 2.38. The summed E-state index contributed by atoms with van der Waals surface area (Å²) >= 11 is 1.13. The van der Waals surface area contributed by atoms with Crippen molar-refractivity contribution in [2.75, 3.05) is 4.90 Å². The minimum absolute atomic E-state index is 0.207. The van der Waals surface area contributed by atoms with Crippen LogP contribution in [-0.2, 0) is 20.8 Å². The van der Waals surface area contributed by atoms with Crippen molar-refractivity contribution in [3.05, 3.63) is 23.2 Å². The summed E-state index contributed by atoms with van der Waals surface area (Å²) in [7, 11) is 0. The molecule has 0 unspecified atom stereocenters. The van der Waals surface area contributed by atoms with Crippen LogP contribution in [0.5, 0.6) is 0 Å². The Bertz CT molecular complexity index is 596. The molecule has 1 aromatic heterocycles. The smallest absolute Gasteiger partial charge is 0.309 e. The molecule has 3 rings (SSSR count). The molecule has 2 atom stereocenters. The second kappa shape index (κ2) is 4.82. The summed E-state index contributed by atoms with van der Waals surface area (Å²) in [5.41, 5.74) is 0.367. The molecule has 1 fully saturated rings. The lowest BCUT2D eigenvalue weighted by atomic mass is 9.85. The molecule has 0 bridgehead atoms. The zero-order valence-electron chi connectivity index (χ0n) is 10.5. The van der Waals surface area contributed by atoms with Crippen molar-refractivity contribution in [2.24, 2.45) is 11.8 Å². The Morgan fingerprint density at radius 3 is 2.45 bits per heavy atom. The van der Waals surface area contributed by atoms with E-state index in [0.717, 1.165) is 16.2 Å². The summed E-state index contributed by atoms with van der Waals surface area (Å²) in [5, 5.41) is 10.6. The van der Waals surface area contributed by atoms with Crippen LogP contribution < -0.4 is 4.90 Å². The molecule has 0 saturated carbocycles. The van der Waals surface area contributed by atoms with Gasteiger partial charge in [0.15, 0.2) is 5.13 Å². The average molecular weight is 292 g/mol. The van der Waals surface area contributed by atoms with E-state index >= 15 is 0 Å². The van der Waals surface area contributed by atoms with Crippen molar-refractivity contribution in [2.45, 2.75) is 19.3 Å². The van der Waals surface area contributed by atoms with Crippen molar-refractivity contribution in [3.8, 4) is 0 Å². The van der Waals surface area contributed by atoms with Crippen molar-refractivity contribution in [1.82, 2.24) is 4.98 Å². The molecule has 2 heterocycles. The first-order valence-electron chi connectivity index (χ1n) is 6.27. The SMILES string of the molecule is O=C(O)Cc1csc(N2C(=O)[C@H]3CC=CC[C@H]3C2=O)n1. The molecule has 1 aromatic rings. The molecule has 0 radical (unpaired) electrons. The summed E-state index contributed by atoms with van der Waals surface area (Å²) in [6.45, 7) is 0. The second-order valence-electron chi connectivity index (χ2n) is 4.86. The van der Waals surface area contributed by atoms with Gasteiger partial charge in [-0.1, -0.05) is 12.2 Å². The molecule has 1 aliphatic carbocycles. The average Bonchev–Trinajstić information content (AvgIpc) is 2.94. The van der Waals surface area contributed by atoms with E-state index in [2.05, 4.69) is 4.98 Å². The number of aliphatic carboxylic acids is 1. The van der Waals surface area contributed by atoms with Gasteiger partial charge in [0, 0.05) is 5.38 Å². The number of imide groups is 1. The van der Waals surface area contributed by atoms with Gasteiger partial charge in [0.1, 0.15) is 0 Å². The largest absolute Gasteiger partial charge is 0.481 e. The highest BCUT2D eigenvalue weighted by atomic mass is 32.1. The van der Waals surface area contributed by atoms with Crippen molar-refractivity contribution in [1.29, 1.82) is 0 Å². The van der Waals surface area contributed by atoms with Crippen LogP contribution in [0.25, 0.3) is 0 Å². The molecular weight excluding hydrogens is 280 g/mol. The number of rotatable bonds is 3. The van der Waals surface area contributed by atoms with Crippen LogP contribution in [0, 0.1) is 11.8 Å². The summed E-state index contributed by atoms with van der Waals surface area (Å²) in [6.07, 6.45) is 4.81. The Balaban J connectivity index is 1.87. The summed E-state index contributed by atoms with van der Waals surface area (Å²) in [4.78, 5) is 40.5. The van der Waals surface area contributed by atoms with E-state index in [1.807, 2.05) is 12.2 Å². The van der Waals surface area contributed by atoms with E-state index in [4.69, 9.17) is 5.11 Å². The number of amides is 2. The van der Waals surface area contributed by atoms with Crippen LogP contribution in [-0.4, -0.2) is 27.9 Å². The van der Waals surface area contributed by atoms with Crippen molar-refractivity contribution in [3.63, 3.8) is 0 Å². The number of carboxylic acid groups (broad SMARTS) is 1. The van der Waals surface area contributed by atoms with E-state index in [9.17, 15) is 14.4 Å². The van der Waals surface area contributed by atoms with Crippen molar-refractivity contribution < 1.29 is 19.5 Å². The van der Waals surface area contributed by atoms with Gasteiger partial charge in [0.25, 0.3) is 0 Å². The second-order valence-corrected chi connectivity index (χ2v) is 5.70. The monoisotopic (exact) mass is 292 g/mol. The fourth-order valence-corrected chi connectivity index (χ4v) is 3.46. The first-order valence-corrected chi connectivity index (χ1v) is 7.15. The third-order valence-corrected chi connectivity index (χ3v) is 4.45. The number of hydrogen-bond donors (Lipinski definition) is 1. The highest BCUT2D eigenvalue weighted by Gasteiger charge is 2.48. The Morgan fingerprint density at radius 2 is 1.90 bits per heavy atom. The molecule has 104 valence electrons. The van der Waals surface area contributed by atoms with Crippen LogP contribution in [0.3, 0.4) is 0 Å². The number of carbonyl (C=O) groups excluding carboxylic acids is 2. The minimum atomic E-state index is -0.987. The van der Waals surface area contributed by atoms with Gasteiger partial charge in [0.05, 0.1) is 24.0 Å². The summed E-state index contributed by atoms with van der Waals surface area (Å²) in [5.74, 6) is -2.02. The first kappa shape index (κ1) is 13.0. The van der Waals surface area contributed by atoms with Crippen LogP contribution in [0.1, 0.15) is 18.5 Å². The lowest BCUT2D eigenvalue weighted by Crippen LogP contribution is -2.30. The van der Waals surface area contributed by atoms with Gasteiger partial charge in [-0.05, 0) is 12.8 Å². The van der Waals surface area contributed by atoms with Gasteiger partial charge in [0.2, 0.25) is 11.8 Å². The predicted octanol–water partition coefficient (Wildman–Crippen LogP) is 1.23. The molecular formula is C13H12N2O4S. The normalized spacial score (nSPS) is 25.1. The standard InChI is InChI=1S/C13H12N2O4S/c16-10(17)5-7-6-20-13(14-7)15-11(18)8-3-1-2-4-9(8)12(15)19/h1-2,6,8-9H,3-5H2,(H,16,17)/t8-,9+. The lowest BCUT2D eigenvalue weighted by Gasteiger charge is -2.14. The van der Waals surface area contributed by atoms with E-state index in [1.54, 1.807) is 5.38 Å². The maximum absolute atomic E-state index is 12.3. The number of thiazole rings is 1. The third kappa shape index (κ3) is 2.03. The molecule has 20 heavy (non-hydrogen) atoms. The fourth-order valence-electron chi connectivity index (χ4n) is 2.62.